The highest BCUT2D eigenvalue weighted by Crippen LogP contribution is 2.23. The van der Waals surface area contributed by atoms with Gasteiger partial charge in [0.1, 0.15) is 0 Å². The van der Waals surface area contributed by atoms with Gasteiger partial charge < -0.3 is 10.1 Å². The highest BCUT2D eigenvalue weighted by atomic mass is 35.5. The number of non-ortho nitro benzene ring substituents is 1. The summed E-state index contributed by atoms with van der Waals surface area (Å²) in [6.07, 6.45) is 2.75. The summed E-state index contributed by atoms with van der Waals surface area (Å²) in [5.74, 6) is -1.02. The zero-order chi connectivity index (χ0) is 18.4. The number of amides is 1. The molecule has 0 unspecified atom stereocenters. The van der Waals surface area contributed by atoms with Crippen LogP contribution in [0.3, 0.4) is 0 Å². The van der Waals surface area contributed by atoms with Gasteiger partial charge in [0.05, 0.1) is 28.3 Å². The number of benzene rings is 2. The van der Waals surface area contributed by atoms with Crippen LogP contribution in [-0.2, 0) is 9.53 Å². The quantitative estimate of drug-likeness (QED) is 0.379. The summed E-state index contributed by atoms with van der Waals surface area (Å²) in [7, 11) is 1.25. The second-order valence-electron chi connectivity index (χ2n) is 4.86. The van der Waals surface area contributed by atoms with E-state index < -0.39 is 16.8 Å². The Morgan fingerprint density at radius 1 is 1.20 bits per heavy atom. The van der Waals surface area contributed by atoms with E-state index in [1.807, 2.05) is 0 Å². The molecule has 2 rings (SSSR count). The van der Waals surface area contributed by atoms with Crippen LogP contribution in [0.25, 0.3) is 6.08 Å². The van der Waals surface area contributed by atoms with Crippen molar-refractivity contribution in [3.63, 3.8) is 0 Å². The minimum Gasteiger partial charge on any atom is -0.465 e. The lowest BCUT2D eigenvalue weighted by Gasteiger charge is -2.07. The van der Waals surface area contributed by atoms with E-state index in [2.05, 4.69) is 10.1 Å². The summed E-state index contributed by atoms with van der Waals surface area (Å²) < 4.78 is 4.61. The van der Waals surface area contributed by atoms with Crippen molar-refractivity contribution in [3.8, 4) is 0 Å². The molecule has 1 amide bonds. The van der Waals surface area contributed by atoms with Crippen LogP contribution >= 0.6 is 11.6 Å². The first-order valence-corrected chi connectivity index (χ1v) is 7.40. The Bertz CT molecular complexity index is 847. The standard InChI is InChI=1S/C17H13ClN2O5/c1-25-17(22)12-5-8-14(18)15(10-12)19-16(21)9-4-11-2-6-13(7-3-11)20(23)24/h2-10H,1H3,(H,19,21)/b9-4+. The maximum absolute atomic E-state index is 12.0. The minimum atomic E-state index is -0.548. The summed E-state index contributed by atoms with van der Waals surface area (Å²) in [4.78, 5) is 33.6. The molecule has 1 N–H and O–H groups in total. The lowest BCUT2D eigenvalue weighted by Crippen LogP contribution is -2.09. The highest BCUT2D eigenvalue weighted by molar-refractivity contribution is 6.34. The van der Waals surface area contributed by atoms with Gasteiger partial charge >= 0.3 is 5.97 Å². The lowest BCUT2D eigenvalue weighted by atomic mass is 10.2. The Morgan fingerprint density at radius 3 is 2.48 bits per heavy atom. The number of methoxy groups -OCH3 is 1. The first kappa shape index (κ1) is 18.2. The van der Waals surface area contributed by atoms with Crippen LogP contribution in [-0.4, -0.2) is 23.9 Å². The monoisotopic (exact) mass is 360 g/mol. The number of anilines is 1. The van der Waals surface area contributed by atoms with Crippen LogP contribution in [0.15, 0.2) is 48.5 Å². The summed E-state index contributed by atoms with van der Waals surface area (Å²) >= 11 is 6.00. The van der Waals surface area contributed by atoms with Gasteiger partial charge in [-0.3, -0.25) is 14.9 Å². The molecule has 7 nitrogen and oxygen atoms in total. The predicted octanol–water partition coefficient (Wildman–Crippen LogP) is 3.69. The molecule has 8 heteroatoms. The van der Waals surface area contributed by atoms with E-state index in [4.69, 9.17) is 11.6 Å². The number of halogens is 1. The average molecular weight is 361 g/mol. The number of nitrogens with zero attached hydrogens (tertiary/aromatic N) is 1. The average Bonchev–Trinajstić information content (AvgIpc) is 2.61. The lowest BCUT2D eigenvalue weighted by molar-refractivity contribution is -0.384. The smallest absolute Gasteiger partial charge is 0.337 e. The van der Waals surface area contributed by atoms with Gasteiger partial charge in [0.2, 0.25) is 5.91 Å². The third-order valence-corrected chi connectivity index (χ3v) is 3.51. The molecular formula is C17H13ClN2O5. The molecule has 0 radical (unpaired) electrons. The molecule has 0 aliphatic rings. The van der Waals surface area contributed by atoms with Crippen molar-refractivity contribution >= 4 is 40.9 Å². The number of hydrogen-bond acceptors (Lipinski definition) is 5. The number of nitrogens with one attached hydrogen (secondary N) is 1. The number of nitro groups is 1. The second-order valence-corrected chi connectivity index (χ2v) is 5.26. The number of ether oxygens (including phenoxy) is 1. The van der Waals surface area contributed by atoms with Crippen LogP contribution in [0.2, 0.25) is 5.02 Å². The van der Waals surface area contributed by atoms with Crippen LogP contribution in [0.1, 0.15) is 15.9 Å². The van der Waals surface area contributed by atoms with Gasteiger partial charge in [-0.15, -0.1) is 0 Å². The second kappa shape index (κ2) is 8.07. The maximum Gasteiger partial charge on any atom is 0.337 e. The van der Waals surface area contributed by atoms with E-state index in [0.717, 1.165) is 0 Å². The molecule has 0 bridgehead atoms. The Labute approximate surface area is 148 Å². The van der Waals surface area contributed by atoms with Gasteiger partial charge in [-0.2, -0.15) is 0 Å². The van der Waals surface area contributed by atoms with Gasteiger partial charge in [-0.25, -0.2) is 4.79 Å². The fourth-order valence-electron chi connectivity index (χ4n) is 1.92. The van der Waals surface area contributed by atoms with Crippen LogP contribution in [0, 0.1) is 10.1 Å². The van der Waals surface area contributed by atoms with Gasteiger partial charge in [-0.05, 0) is 42.0 Å². The Hall–Kier alpha value is -3.19. The summed E-state index contributed by atoms with van der Waals surface area (Å²) in [5.41, 5.74) is 1.10. The molecule has 2 aromatic rings. The van der Waals surface area contributed by atoms with Crippen molar-refractivity contribution < 1.29 is 19.2 Å². The number of esters is 1. The van der Waals surface area contributed by atoms with E-state index in [1.165, 1.54) is 61.7 Å². The SMILES string of the molecule is COC(=O)c1ccc(Cl)c(NC(=O)/C=C/c2ccc([N+](=O)[O-])cc2)c1. The molecule has 0 saturated carbocycles. The Kier molecular flexibility index (Phi) is 5.86. The Balaban J connectivity index is 2.09. The fourth-order valence-corrected chi connectivity index (χ4v) is 2.08. The highest BCUT2D eigenvalue weighted by Gasteiger charge is 2.10. The molecule has 0 saturated heterocycles. The van der Waals surface area contributed by atoms with E-state index in [9.17, 15) is 19.7 Å². The molecule has 0 spiro atoms. The minimum absolute atomic E-state index is 0.0343. The molecule has 0 heterocycles. The third kappa shape index (κ3) is 4.89. The van der Waals surface area contributed by atoms with Crippen molar-refractivity contribution in [2.75, 3.05) is 12.4 Å². The molecule has 128 valence electrons. The normalized spacial score (nSPS) is 10.5. The van der Waals surface area contributed by atoms with Crippen molar-refractivity contribution in [3.05, 3.63) is 74.8 Å². The largest absolute Gasteiger partial charge is 0.465 e. The number of carbonyl (C=O) groups excluding carboxylic acids is 2. The molecule has 0 aromatic heterocycles. The van der Waals surface area contributed by atoms with E-state index in [1.54, 1.807) is 0 Å². The molecule has 0 aliphatic heterocycles. The number of carbonyl (C=O) groups is 2. The van der Waals surface area contributed by atoms with E-state index in [0.29, 0.717) is 5.56 Å². The first-order valence-electron chi connectivity index (χ1n) is 7.02. The number of nitro benzene ring substituents is 1. The van der Waals surface area contributed by atoms with Crippen LogP contribution in [0.4, 0.5) is 11.4 Å². The Morgan fingerprint density at radius 2 is 1.88 bits per heavy atom. The summed E-state index contributed by atoms with van der Waals surface area (Å²) in [5, 5.41) is 13.4. The molecule has 25 heavy (non-hydrogen) atoms. The summed E-state index contributed by atoms with van der Waals surface area (Å²) in [6, 6.07) is 10.1. The van der Waals surface area contributed by atoms with Crippen molar-refractivity contribution in [2.24, 2.45) is 0 Å². The van der Waals surface area contributed by atoms with Crippen molar-refractivity contribution in [1.82, 2.24) is 0 Å². The van der Waals surface area contributed by atoms with Gasteiger partial charge in [0.25, 0.3) is 5.69 Å². The molecule has 2 aromatic carbocycles. The topological polar surface area (TPSA) is 98.5 Å². The molecular weight excluding hydrogens is 348 g/mol. The zero-order valence-corrected chi connectivity index (χ0v) is 13.8. The van der Waals surface area contributed by atoms with Gasteiger partial charge in [0.15, 0.2) is 0 Å². The van der Waals surface area contributed by atoms with E-state index >= 15 is 0 Å². The van der Waals surface area contributed by atoms with Crippen molar-refractivity contribution in [2.45, 2.75) is 0 Å². The first-order chi connectivity index (χ1) is 11.9. The molecule has 0 atom stereocenters. The van der Waals surface area contributed by atoms with Crippen molar-refractivity contribution in [1.29, 1.82) is 0 Å². The van der Waals surface area contributed by atoms with Gasteiger partial charge in [0, 0.05) is 18.2 Å². The number of hydrogen-bond donors (Lipinski definition) is 1. The molecule has 0 fully saturated rings. The van der Waals surface area contributed by atoms with Gasteiger partial charge in [-0.1, -0.05) is 11.6 Å². The third-order valence-electron chi connectivity index (χ3n) is 3.18. The van der Waals surface area contributed by atoms with Crippen LogP contribution in [0.5, 0.6) is 0 Å². The van der Waals surface area contributed by atoms with Crippen LogP contribution < -0.4 is 5.32 Å². The summed E-state index contributed by atoms with van der Waals surface area (Å²) in [6.45, 7) is 0. The number of rotatable bonds is 5. The van der Waals surface area contributed by atoms with E-state index in [-0.39, 0.29) is 22.0 Å². The predicted molar refractivity (Wildman–Crippen MR) is 93.6 cm³/mol. The molecule has 0 aliphatic carbocycles. The maximum atomic E-state index is 12.0. The fraction of sp³-hybridized carbons (Fsp3) is 0.0588. The zero-order valence-electron chi connectivity index (χ0n) is 13.1.